The molecule has 0 bridgehead atoms. The van der Waals surface area contributed by atoms with Crippen molar-refractivity contribution in [3.05, 3.63) is 12.2 Å². The number of nitrogens with zero attached hydrogens (tertiary/aromatic N) is 6. The van der Waals surface area contributed by atoms with Gasteiger partial charge in [0.2, 0.25) is 5.82 Å². The molecule has 2 aliphatic heterocycles. The fourth-order valence-electron chi connectivity index (χ4n) is 3.80. The topological polar surface area (TPSA) is 155 Å². The quantitative estimate of drug-likeness (QED) is 0.381. The summed E-state index contributed by atoms with van der Waals surface area (Å²) in [5.74, 6) is 5.89. The number of hydrogen-bond donors (Lipinski definition) is 4. The zero-order chi connectivity index (χ0) is 22.8. The molecular weight excluding hydrogens is 416 g/mol. The van der Waals surface area contributed by atoms with Crippen LogP contribution in [0.15, 0.2) is 6.33 Å². The molecule has 1 amide bonds. The van der Waals surface area contributed by atoms with Gasteiger partial charge in [-0.05, 0) is 19.9 Å². The third-order valence-corrected chi connectivity index (χ3v) is 5.67. The Morgan fingerprint density at radius 1 is 1.28 bits per heavy atom. The van der Waals surface area contributed by atoms with E-state index in [1.807, 2.05) is 0 Å². The van der Waals surface area contributed by atoms with Crippen molar-refractivity contribution in [3.63, 3.8) is 0 Å². The highest BCUT2D eigenvalue weighted by molar-refractivity contribution is 5.83. The minimum atomic E-state index is -1.40. The Kier molecular flexibility index (Phi) is 6.54. The van der Waals surface area contributed by atoms with Crippen molar-refractivity contribution >= 4 is 22.9 Å². The molecule has 0 radical (unpaired) electrons. The van der Waals surface area contributed by atoms with Crippen LogP contribution in [0, 0.1) is 11.8 Å². The molecule has 0 aliphatic carbocycles. The molecule has 0 saturated carbocycles. The third-order valence-electron chi connectivity index (χ3n) is 5.67. The van der Waals surface area contributed by atoms with Gasteiger partial charge in [0, 0.05) is 32.7 Å². The second kappa shape index (κ2) is 9.35. The van der Waals surface area contributed by atoms with E-state index in [1.54, 1.807) is 6.92 Å². The largest absolute Gasteiger partial charge is 0.387 e. The standard InChI is InChI=1S/C20H28N8O4/c1-3-22-19(31)16-14(29)15(30)20(32-16)28-11-23-13-17(21)24-12(25-18(13)28)5-4-6-27-9-7-26(2)8-10-27/h11,14-16,20,29-30H,3,6-10H2,1-2H3,(H,22,31)(H2,21,24,25)/t14?,15-,16-,20+/m0/s1. The summed E-state index contributed by atoms with van der Waals surface area (Å²) in [4.78, 5) is 29.5. The average Bonchev–Trinajstić information content (AvgIpc) is 3.31. The molecule has 1 unspecified atom stereocenters. The average molecular weight is 444 g/mol. The predicted molar refractivity (Wildman–Crippen MR) is 115 cm³/mol. The van der Waals surface area contributed by atoms with E-state index >= 15 is 0 Å². The maximum Gasteiger partial charge on any atom is 0.252 e. The van der Waals surface area contributed by atoms with E-state index in [0.29, 0.717) is 24.3 Å². The molecule has 0 aromatic carbocycles. The minimum Gasteiger partial charge on any atom is -0.387 e. The van der Waals surface area contributed by atoms with Crippen LogP contribution in [0.3, 0.4) is 0 Å². The van der Waals surface area contributed by atoms with Gasteiger partial charge in [-0.25, -0.2) is 15.0 Å². The molecule has 172 valence electrons. The highest BCUT2D eigenvalue weighted by Crippen LogP contribution is 2.32. The van der Waals surface area contributed by atoms with Crippen molar-refractivity contribution in [2.75, 3.05) is 52.0 Å². The molecule has 2 saturated heterocycles. The van der Waals surface area contributed by atoms with Gasteiger partial charge in [0.1, 0.15) is 17.7 Å². The molecule has 32 heavy (non-hydrogen) atoms. The number of nitrogens with one attached hydrogen (secondary N) is 1. The van der Waals surface area contributed by atoms with Crippen molar-refractivity contribution in [3.8, 4) is 11.8 Å². The summed E-state index contributed by atoms with van der Waals surface area (Å²) in [5.41, 5.74) is 6.67. The van der Waals surface area contributed by atoms with E-state index in [9.17, 15) is 15.0 Å². The van der Waals surface area contributed by atoms with Crippen LogP contribution in [0.5, 0.6) is 0 Å². The van der Waals surface area contributed by atoms with Crippen molar-refractivity contribution in [2.24, 2.45) is 0 Å². The number of likely N-dealkylation sites (N-methyl/N-ethyl adjacent to an activating group) is 2. The summed E-state index contributed by atoms with van der Waals surface area (Å²) in [6.07, 6.45) is -3.65. The lowest BCUT2D eigenvalue weighted by Gasteiger charge is -2.30. The number of amides is 1. The lowest BCUT2D eigenvalue weighted by molar-refractivity contribution is -0.137. The molecule has 4 heterocycles. The van der Waals surface area contributed by atoms with E-state index in [-0.39, 0.29) is 11.6 Å². The monoisotopic (exact) mass is 444 g/mol. The Bertz CT molecular complexity index is 1040. The summed E-state index contributed by atoms with van der Waals surface area (Å²) in [6, 6.07) is 0. The van der Waals surface area contributed by atoms with Gasteiger partial charge < -0.3 is 30.9 Å². The van der Waals surface area contributed by atoms with Crippen molar-refractivity contribution in [1.29, 1.82) is 0 Å². The van der Waals surface area contributed by atoms with Crippen LogP contribution in [0.25, 0.3) is 11.2 Å². The molecule has 12 nitrogen and oxygen atoms in total. The fourth-order valence-corrected chi connectivity index (χ4v) is 3.80. The number of rotatable bonds is 4. The van der Waals surface area contributed by atoms with Crippen molar-refractivity contribution in [2.45, 2.75) is 31.5 Å². The maximum absolute atomic E-state index is 12.2. The molecule has 12 heteroatoms. The van der Waals surface area contributed by atoms with Gasteiger partial charge in [-0.2, -0.15) is 0 Å². The van der Waals surface area contributed by atoms with Crippen LogP contribution in [-0.2, 0) is 9.53 Å². The van der Waals surface area contributed by atoms with Gasteiger partial charge in [0.15, 0.2) is 23.8 Å². The molecule has 4 atom stereocenters. The lowest BCUT2D eigenvalue weighted by Crippen LogP contribution is -2.44. The summed E-state index contributed by atoms with van der Waals surface area (Å²) in [6.45, 7) is 6.63. The SMILES string of the molecule is CCNC(=O)[C@H]1O[C@@H](n2cnc3c(N)nc(C#CCN4CCN(C)CC4)nc32)[C@@H](O)C1O. The number of carbonyl (C=O) groups excluding carboxylic acids is 1. The molecule has 0 spiro atoms. The van der Waals surface area contributed by atoms with Crippen molar-refractivity contribution in [1.82, 2.24) is 34.6 Å². The van der Waals surface area contributed by atoms with Gasteiger partial charge >= 0.3 is 0 Å². The third kappa shape index (κ3) is 4.38. The van der Waals surface area contributed by atoms with Gasteiger partial charge in [0.25, 0.3) is 5.91 Å². The molecule has 2 aromatic heterocycles. The van der Waals surface area contributed by atoms with Crippen molar-refractivity contribution < 1.29 is 19.7 Å². The van der Waals surface area contributed by atoms with Crippen LogP contribution in [0.2, 0.25) is 0 Å². The Hall–Kier alpha value is -2.82. The number of nitrogen functional groups attached to an aromatic ring is 1. The number of aliphatic hydroxyl groups is 2. The molecule has 2 aliphatic rings. The van der Waals surface area contributed by atoms with E-state index in [1.165, 1.54) is 10.9 Å². The Balaban J connectivity index is 1.56. The molecule has 2 aromatic rings. The highest BCUT2D eigenvalue weighted by Gasteiger charge is 2.47. The zero-order valence-corrected chi connectivity index (χ0v) is 18.1. The number of imidazole rings is 1. The number of aromatic nitrogens is 4. The van der Waals surface area contributed by atoms with Gasteiger partial charge in [-0.1, -0.05) is 5.92 Å². The van der Waals surface area contributed by atoms with Gasteiger partial charge in [-0.3, -0.25) is 14.3 Å². The first-order valence-electron chi connectivity index (χ1n) is 10.6. The number of nitrogens with two attached hydrogens (primary N) is 1. The second-order valence-corrected chi connectivity index (χ2v) is 7.96. The number of anilines is 1. The predicted octanol–water partition coefficient (Wildman–Crippen LogP) is -2.24. The number of hydrogen-bond acceptors (Lipinski definition) is 10. The second-order valence-electron chi connectivity index (χ2n) is 7.96. The van der Waals surface area contributed by atoms with Crippen LogP contribution in [-0.4, -0.2) is 110 Å². The van der Waals surface area contributed by atoms with Crippen LogP contribution >= 0.6 is 0 Å². The number of carbonyl (C=O) groups is 1. The summed E-state index contributed by atoms with van der Waals surface area (Å²) < 4.78 is 7.10. The van der Waals surface area contributed by atoms with E-state index < -0.39 is 30.4 Å². The fraction of sp³-hybridized carbons (Fsp3) is 0.600. The zero-order valence-electron chi connectivity index (χ0n) is 18.1. The van der Waals surface area contributed by atoms with Gasteiger partial charge in [0.05, 0.1) is 12.9 Å². The summed E-state index contributed by atoms with van der Waals surface area (Å²) in [5, 5.41) is 23.4. The maximum atomic E-state index is 12.2. The molecule has 2 fully saturated rings. The normalized spacial score (nSPS) is 26.8. The number of aliphatic hydroxyl groups excluding tert-OH is 2. The Labute approximate surface area is 185 Å². The molecule has 4 rings (SSSR count). The summed E-state index contributed by atoms with van der Waals surface area (Å²) in [7, 11) is 2.10. The van der Waals surface area contributed by atoms with Crippen LogP contribution < -0.4 is 11.1 Å². The smallest absolute Gasteiger partial charge is 0.252 e. The number of ether oxygens (including phenoxy) is 1. The van der Waals surface area contributed by atoms with E-state index in [4.69, 9.17) is 10.5 Å². The Morgan fingerprint density at radius 2 is 2.03 bits per heavy atom. The first-order valence-corrected chi connectivity index (χ1v) is 10.6. The van der Waals surface area contributed by atoms with Crippen LogP contribution in [0.4, 0.5) is 5.82 Å². The van der Waals surface area contributed by atoms with Crippen LogP contribution in [0.1, 0.15) is 19.0 Å². The number of fused-ring (bicyclic) bond motifs is 1. The minimum absolute atomic E-state index is 0.144. The number of piperazine rings is 1. The van der Waals surface area contributed by atoms with E-state index in [0.717, 1.165) is 26.2 Å². The van der Waals surface area contributed by atoms with E-state index in [2.05, 4.69) is 49.0 Å². The summed E-state index contributed by atoms with van der Waals surface area (Å²) >= 11 is 0. The van der Waals surface area contributed by atoms with Gasteiger partial charge in [-0.15, -0.1) is 0 Å². The lowest BCUT2D eigenvalue weighted by atomic mass is 10.1. The first-order chi connectivity index (χ1) is 15.4. The molecular formula is C20H28N8O4. The first kappa shape index (κ1) is 22.4. The highest BCUT2D eigenvalue weighted by atomic mass is 16.6. The molecule has 5 N–H and O–H groups in total. The Morgan fingerprint density at radius 3 is 2.75 bits per heavy atom.